The quantitative estimate of drug-likeness (QED) is 0.367. The van der Waals surface area contributed by atoms with Crippen molar-refractivity contribution in [3.63, 3.8) is 0 Å². The fraction of sp³-hybridized carbons (Fsp3) is 0.833. The number of carbonyl (C=O) groups excluding carboxylic acids is 1. The molecule has 0 amide bonds. The van der Waals surface area contributed by atoms with Crippen LogP contribution in [0.5, 0.6) is 0 Å². The molecule has 8 heavy (non-hydrogen) atoms. The van der Waals surface area contributed by atoms with E-state index in [0.717, 1.165) is 19.1 Å². The van der Waals surface area contributed by atoms with E-state index in [1.54, 1.807) is 0 Å². The number of aldehydes is 1. The second kappa shape index (κ2) is 5.29. The van der Waals surface area contributed by atoms with Crippen LogP contribution in [0.15, 0.2) is 0 Å². The summed E-state index contributed by atoms with van der Waals surface area (Å²) in [5.74, 6) is 0. The minimum absolute atomic E-state index is 0.558. The molecule has 0 N–H and O–H groups in total. The molecule has 0 bridgehead atoms. The lowest BCUT2D eigenvalue weighted by Gasteiger charge is -1.96. The lowest BCUT2D eigenvalue weighted by molar-refractivity contribution is -0.107. The fourth-order valence-corrected chi connectivity index (χ4v) is 0.806. The molecule has 0 spiro atoms. The maximum absolute atomic E-state index is 9.77. The lowest BCUT2D eigenvalue weighted by atomic mass is 10.2. The van der Waals surface area contributed by atoms with Crippen molar-refractivity contribution in [3.05, 3.63) is 0 Å². The van der Waals surface area contributed by atoms with Crippen LogP contribution in [0.2, 0.25) is 0 Å². The van der Waals surface area contributed by atoms with Crippen molar-refractivity contribution in [3.8, 4) is 0 Å². The Labute approximate surface area is 58.6 Å². The highest BCUT2D eigenvalue weighted by Gasteiger charge is 1.92. The van der Waals surface area contributed by atoms with Gasteiger partial charge in [0.2, 0.25) is 0 Å². The number of hydrogen-bond acceptors (Lipinski definition) is 1. The molecule has 0 radical (unpaired) electrons. The van der Waals surface area contributed by atoms with Crippen LogP contribution in [0.4, 0.5) is 0 Å². The summed E-state index contributed by atoms with van der Waals surface area (Å²) >= 11 is 3.39. The van der Waals surface area contributed by atoms with Gasteiger partial charge in [-0.25, -0.2) is 0 Å². The number of carbonyl (C=O) groups is 1. The summed E-state index contributed by atoms with van der Waals surface area (Å²) in [6.45, 7) is 2.09. The predicted molar refractivity (Wildman–Crippen MR) is 38.3 cm³/mol. The Balaban J connectivity index is 2.81. The lowest BCUT2D eigenvalue weighted by Crippen LogP contribution is -1.88. The van der Waals surface area contributed by atoms with Crippen LogP contribution in [0.1, 0.15) is 26.2 Å². The monoisotopic (exact) mass is 178 g/mol. The van der Waals surface area contributed by atoms with E-state index < -0.39 is 0 Å². The first-order valence-electron chi connectivity index (χ1n) is 2.85. The number of halogens is 1. The largest absolute Gasteiger partial charge is 0.303 e. The van der Waals surface area contributed by atoms with Crippen LogP contribution in [0, 0.1) is 0 Å². The Hall–Kier alpha value is 0.150. The standard InChI is InChI=1S/C6H11BrO/c1-6(7)4-2-3-5-8/h5-6H,2-4H2,1H3. The molecule has 0 aliphatic rings. The third-order valence-electron chi connectivity index (χ3n) is 0.924. The van der Waals surface area contributed by atoms with Crippen molar-refractivity contribution in [1.82, 2.24) is 0 Å². The van der Waals surface area contributed by atoms with Gasteiger partial charge in [-0.2, -0.15) is 0 Å². The SMILES string of the molecule is CC(Br)CCCC=O. The zero-order chi connectivity index (χ0) is 6.41. The van der Waals surface area contributed by atoms with Gasteiger partial charge in [0, 0.05) is 11.2 Å². The molecule has 0 saturated carbocycles. The van der Waals surface area contributed by atoms with E-state index in [9.17, 15) is 4.79 Å². The van der Waals surface area contributed by atoms with Gasteiger partial charge in [0.15, 0.2) is 0 Å². The van der Waals surface area contributed by atoms with Crippen molar-refractivity contribution in [2.75, 3.05) is 0 Å². The highest BCUT2D eigenvalue weighted by atomic mass is 79.9. The van der Waals surface area contributed by atoms with Crippen molar-refractivity contribution < 1.29 is 4.79 Å². The summed E-state index contributed by atoms with van der Waals surface area (Å²) < 4.78 is 0. The van der Waals surface area contributed by atoms with E-state index in [-0.39, 0.29) is 0 Å². The molecule has 0 aliphatic heterocycles. The van der Waals surface area contributed by atoms with Crippen LogP contribution < -0.4 is 0 Å². The van der Waals surface area contributed by atoms with E-state index in [2.05, 4.69) is 22.9 Å². The van der Waals surface area contributed by atoms with Gasteiger partial charge in [-0.1, -0.05) is 22.9 Å². The summed E-state index contributed by atoms with van der Waals surface area (Å²) in [5.41, 5.74) is 0. The fourth-order valence-electron chi connectivity index (χ4n) is 0.482. The van der Waals surface area contributed by atoms with Gasteiger partial charge in [0.1, 0.15) is 6.29 Å². The Morgan fingerprint density at radius 1 is 1.75 bits per heavy atom. The van der Waals surface area contributed by atoms with E-state index >= 15 is 0 Å². The van der Waals surface area contributed by atoms with Crippen LogP contribution in [-0.4, -0.2) is 11.1 Å². The zero-order valence-corrected chi connectivity index (χ0v) is 6.65. The van der Waals surface area contributed by atoms with E-state index in [0.29, 0.717) is 11.2 Å². The molecule has 0 fully saturated rings. The number of hydrogen-bond donors (Lipinski definition) is 0. The van der Waals surface area contributed by atoms with Gasteiger partial charge in [0.25, 0.3) is 0 Å². The van der Waals surface area contributed by atoms with E-state index in [1.807, 2.05) is 0 Å². The molecule has 0 aromatic heterocycles. The molecule has 0 aromatic rings. The summed E-state index contributed by atoms with van der Waals surface area (Å²) in [4.78, 5) is 10.3. The summed E-state index contributed by atoms with van der Waals surface area (Å²) in [6, 6.07) is 0. The minimum Gasteiger partial charge on any atom is -0.303 e. The maximum Gasteiger partial charge on any atom is 0.119 e. The van der Waals surface area contributed by atoms with Crippen molar-refractivity contribution in [2.24, 2.45) is 0 Å². The van der Waals surface area contributed by atoms with Gasteiger partial charge >= 0.3 is 0 Å². The molecular weight excluding hydrogens is 168 g/mol. The van der Waals surface area contributed by atoms with Crippen molar-refractivity contribution in [2.45, 2.75) is 31.0 Å². The van der Waals surface area contributed by atoms with Crippen molar-refractivity contribution in [1.29, 1.82) is 0 Å². The zero-order valence-electron chi connectivity index (χ0n) is 5.06. The number of rotatable bonds is 4. The van der Waals surface area contributed by atoms with Gasteiger partial charge in [-0.05, 0) is 12.8 Å². The predicted octanol–water partition coefficient (Wildman–Crippen LogP) is 2.14. The second-order valence-corrected chi connectivity index (χ2v) is 3.44. The maximum atomic E-state index is 9.77. The first-order valence-corrected chi connectivity index (χ1v) is 3.76. The summed E-state index contributed by atoms with van der Waals surface area (Å²) in [7, 11) is 0. The smallest absolute Gasteiger partial charge is 0.119 e. The molecule has 2 heteroatoms. The van der Waals surface area contributed by atoms with Crippen LogP contribution in [0.3, 0.4) is 0 Å². The Kier molecular flexibility index (Phi) is 5.39. The van der Waals surface area contributed by atoms with Crippen LogP contribution >= 0.6 is 15.9 Å². The molecule has 0 aromatic carbocycles. The summed E-state index contributed by atoms with van der Waals surface area (Å²) in [5, 5.41) is 0. The normalized spacial score (nSPS) is 13.2. The first kappa shape index (κ1) is 8.15. The molecule has 0 saturated heterocycles. The van der Waals surface area contributed by atoms with Crippen LogP contribution in [0.25, 0.3) is 0 Å². The highest BCUT2D eigenvalue weighted by Crippen LogP contribution is 2.06. The Morgan fingerprint density at radius 2 is 2.38 bits per heavy atom. The molecule has 1 atom stereocenters. The Bertz CT molecular complexity index is 61.5. The second-order valence-electron chi connectivity index (χ2n) is 1.88. The Morgan fingerprint density at radius 3 is 2.75 bits per heavy atom. The molecular formula is C6H11BrO. The average molecular weight is 179 g/mol. The molecule has 0 rings (SSSR count). The molecule has 1 nitrogen and oxygen atoms in total. The minimum atomic E-state index is 0.558. The topological polar surface area (TPSA) is 17.1 Å². The number of alkyl halides is 1. The van der Waals surface area contributed by atoms with Gasteiger partial charge in [-0.3, -0.25) is 0 Å². The molecule has 1 unspecified atom stereocenters. The summed E-state index contributed by atoms with van der Waals surface area (Å²) in [6.07, 6.45) is 3.78. The van der Waals surface area contributed by atoms with E-state index in [4.69, 9.17) is 0 Å². The third-order valence-corrected chi connectivity index (χ3v) is 1.38. The van der Waals surface area contributed by atoms with Crippen LogP contribution in [-0.2, 0) is 4.79 Å². The first-order chi connectivity index (χ1) is 3.77. The van der Waals surface area contributed by atoms with Gasteiger partial charge < -0.3 is 4.79 Å². The van der Waals surface area contributed by atoms with Gasteiger partial charge in [-0.15, -0.1) is 0 Å². The van der Waals surface area contributed by atoms with Crippen molar-refractivity contribution >= 4 is 22.2 Å². The molecule has 0 aliphatic carbocycles. The molecule has 0 heterocycles. The molecule has 48 valence electrons. The van der Waals surface area contributed by atoms with Gasteiger partial charge in [0.05, 0.1) is 0 Å². The highest BCUT2D eigenvalue weighted by molar-refractivity contribution is 9.09. The van der Waals surface area contributed by atoms with E-state index in [1.165, 1.54) is 0 Å². The number of unbranched alkanes of at least 4 members (excludes halogenated alkanes) is 1. The average Bonchev–Trinajstić information content (AvgIpc) is 1.66. The third kappa shape index (κ3) is 6.15.